The van der Waals surface area contributed by atoms with Gasteiger partial charge in [-0.05, 0) is 17.7 Å². The molecule has 0 amide bonds. The van der Waals surface area contributed by atoms with Crippen LogP contribution in [-0.2, 0) is 6.54 Å². The molecule has 0 atom stereocenters. The van der Waals surface area contributed by atoms with E-state index in [-0.39, 0.29) is 0 Å². The Morgan fingerprint density at radius 2 is 1.57 bits per heavy atom. The lowest BCUT2D eigenvalue weighted by Crippen LogP contribution is -2.29. The van der Waals surface area contributed by atoms with Crippen LogP contribution in [0.1, 0.15) is 5.56 Å². The number of hydrogen-bond donors (Lipinski definition) is 1. The van der Waals surface area contributed by atoms with Crippen LogP contribution in [0, 0.1) is 0 Å². The Labute approximate surface area is 86.3 Å². The molecule has 0 spiro atoms. The Morgan fingerprint density at radius 1 is 1.00 bits per heavy atom. The zero-order chi connectivity index (χ0) is 10.6. The van der Waals surface area contributed by atoms with Crippen molar-refractivity contribution in [1.29, 1.82) is 0 Å². The van der Waals surface area contributed by atoms with E-state index in [1.807, 2.05) is 33.2 Å². The van der Waals surface area contributed by atoms with E-state index in [1.54, 1.807) is 0 Å². The molecule has 0 aliphatic heterocycles. The van der Waals surface area contributed by atoms with E-state index in [0.717, 1.165) is 6.54 Å². The van der Waals surface area contributed by atoms with Crippen molar-refractivity contribution >= 4 is 5.69 Å². The summed E-state index contributed by atoms with van der Waals surface area (Å²) in [6, 6.07) is 8.55. The fourth-order valence-electron chi connectivity index (χ4n) is 1.16. The van der Waals surface area contributed by atoms with Crippen LogP contribution in [0.4, 0.5) is 5.69 Å². The molecule has 0 saturated carbocycles. The normalized spacial score (nSPS) is 10.6. The molecule has 1 aromatic carbocycles. The fourth-order valence-corrected chi connectivity index (χ4v) is 1.16. The van der Waals surface area contributed by atoms with Crippen molar-refractivity contribution in [1.82, 2.24) is 10.4 Å². The van der Waals surface area contributed by atoms with Crippen molar-refractivity contribution in [2.45, 2.75) is 6.54 Å². The topological polar surface area (TPSA) is 18.5 Å². The number of anilines is 1. The van der Waals surface area contributed by atoms with Crippen molar-refractivity contribution < 1.29 is 0 Å². The van der Waals surface area contributed by atoms with Gasteiger partial charge in [-0.15, -0.1) is 0 Å². The highest BCUT2D eigenvalue weighted by Crippen LogP contribution is 2.11. The van der Waals surface area contributed by atoms with E-state index >= 15 is 0 Å². The summed E-state index contributed by atoms with van der Waals surface area (Å²) >= 11 is 0. The van der Waals surface area contributed by atoms with E-state index in [9.17, 15) is 0 Å². The summed E-state index contributed by atoms with van der Waals surface area (Å²) in [5, 5.41) is 1.96. The van der Waals surface area contributed by atoms with Gasteiger partial charge in [-0.3, -0.25) is 10.4 Å². The number of hydrogen-bond acceptors (Lipinski definition) is 3. The lowest BCUT2D eigenvalue weighted by atomic mass is 10.2. The van der Waals surface area contributed by atoms with E-state index < -0.39 is 0 Å². The minimum absolute atomic E-state index is 0.876. The zero-order valence-corrected chi connectivity index (χ0v) is 9.41. The SMILES string of the molecule is CN(C)NCc1ccc(N(C)C)cc1. The second-order valence-corrected chi connectivity index (χ2v) is 3.79. The Morgan fingerprint density at radius 3 is 2.00 bits per heavy atom. The first-order valence-electron chi connectivity index (χ1n) is 4.76. The van der Waals surface area contributed by atoms with Gasteiger partial charge in [0.15, 0.2) is 0 Å². The summed E-state index contributed by atoms with van der Waals surface area (Å²) in [5.41, 5.74) is 5.76. The molecule has 0 heterocycles. The minimum atomic E-state index is 0.876. The molecule has 0 radical (unpaired) electrons. The van der Waals surface area contributed by atoms with Crippen molar-refractivity contribution in [3.05, 3.63) is 29.8 Å². The third kappa shape index (κ3) is 3.36. The maximum absolute atomic E-state index is 3.23. The van der Waals surface area contributed by atoms with Gasteiger partial charge in [0.2, 0.25) is 0 Å². The average molecular weight is 193 g/mol. The maximum Gasteiger partial charge on any atom is 0.0361 e. The molecule has 0 saturated heterocycles. The first-order chi connectivity index (χ1) is 6.59. The van der Waals surface area contributed by atoms with Gasteiger partial charge in [-0.25, -0.2) is 0 Å². The van der Waals surface area contributed by atoms with Gasteiger partial charge in [-0.2, -0.15) is 0 Å². The Hall–Kier alpha value is -1.06. The third-order valence-corrected chi connectivity index (χ3v) is 2.05. The molecule has 1 rings (SSSR count). The summed E-state index contributed by atoms with van der Waals surface area (Å²) in [4.78, 5) is 2.10. The van der Waals surface area contributed by atoms with Gasteiger partial charge in [0.05, 0.1) is 0 Å². The molecule has 0 unspecified atom stereocenters. The van der Waals surface area contributed by atoms with Gasteiger partial charge in [-0.1, -0.05) is 12.1 Å². The van der Waals surface area contributed by atoms with Crippen molar-refractivity contribution in [2.24, 2.45) is 0 Å². The molecule has 0 aliphatic carbocycles. The van der Waals surface area contributed by atoms with Crippen LogP contribution in [0.15, 0.2) is 24.3 Å². The average Bonchev–Trinajstić information content (AvgIpc) is 2.15. The molecule has 1 aromatic rings. The lowest BCUT2D eigenvalue weighted by molar-refractivity contribution is 0.286. The molecule has 14 heavy (non-hydrogen) atoms. The summed E-state index contributed by atoms with van der Waals surface area (Å²) in [5.74, 6) is 0. The van der Waals surface area contributed by atoms with E-state index in [2.05, 4.69) is 34.6 Å². The van der Waals surface area contributed by atoms with Crippen molar-refractivity contribution in [3.63, 3.8) is 0 Å². The highest BCUT2D eigenvalue weighted by atomic mass is 15.5. The van der Waals surface area contributed by atoms with Crippen LogP contribution in [0.3, 0.4) is 0 Å². The van der Waals surface area contributed by atoms with Crippen LogP contribution in [-0.4, -0.2) is 33.2 Å². The van der Waals surface area contributed by atoms with E-state index in [4.69, 9.17) is 0 Å². The zero-order valence-electron chi connectivity index (χ0n) is 9.41. The van der Waals surface area contributed by atoms with E-state index in [1.165, 1.54) is 11.3 Å². The summed E-state index contributed by atoms with van der Waals surface area (Å²) < 4.78 is 0. The van der Waals surface area contributed by atoms with Crippen LogP contribution in [0.2, 0.25) is 0 Å². The number of nitrogens with zero attached hydrogens (tertiary/aromatic N) is 2. The van der Waals surface area contributed by atoms with Gasteiger partial charge in [0.1, 0.15) is 0 Å². The molecule has 0 bridgehead atoms. The molecular weight excluding hydrogens is 174 g/mol. The van der Waals surface area contributed by atoms with Crippen LogP contribution < -0.4 is 10.3 Å². The first-order valence-corrected chi connectivity index (χ1v) is 4.76. The fraction of sp³-hybridized carbons (Fsp3) is 0.455. The molecule has 1 N–H and O–H groups in total. The molecule has 0 aliphatic rings. The molecule has 0 aromatic heterocycles. The van der Waals surface area contributed by atoms with Crippen LogP contribution in [0.5, 0.6) is 0 Å². The third-order valence-electron chi connectivity index (χ3n) is 2.05. The molecular formula is C11H19N3. The summed E-state index contributed by atoms with van der Waals surface area (Å²) in [6.07, 6.45) is 0. The standard InChI is InChI=1S/C11H19N3/c1-13(2)11-7-5-10(6-8-11)9-12-14(3)4/h5-8,12H,9H2,1-4H3. The second-order valence-electron chi connectivity index (χ2n) is 3.79. The molecule has 3 heteroatoms. The first kappa shape index (κ1) is 11.0. The number of rotatable bonds is 4. The predicted octanol–water partition coefficient (Wildman–Crippen LogP) is 1.32. The Bertz CT molecular complexity index is 264. The van der Waals surface area contributed by atoms with Gasteiger partial charge in [0.25, 0.3) is 0 Å². The predicted molar refractivity (Wildman–Crippen MR) is 61.3 cm³/mol. The van der Waals surface area contributed by atoms with Crippen molar-refractivity contribution in [3.8, 4) is 0 Å². The quantitative estimate of drug-likeness (QED) is 0.728. The van der Waals surface area contributed by atoms with Gasteiger partial charge >= 0.3 is 0 Å². The molecule has 78 valence electrons. The minimum Gasteiger partial charge on any atom is -0.378 e. The highest BCUT2D eigenvalue weighted by Gasteiger charge is 1.96. The van der Waals surface area contributed by atoms with Crippen LogP contribution in [0.25, 0.3) is 0 Å². The van der Waals surface area contributed by atoms with E-state index in [0.29, 0.717) is 0 Å². The second kappa shape index (κ2) is 4.98. The monoisotopic (exact) mass is 193 g/mol. The van der Waals surface area contributed by atoms with Crippen molar-refractivity contribution in [2.75, 3.05) is 33.1 Å². The summed E-state index contributed by atoms with van der Waals surface area (Å²) in [6.45, 7) is 0.876. The van der Waals surface area contributed by atoms with Gasteiger partial charge in [0, 0.05) is 40.4 Å². The number of benzene rings is 1. The Kier molecular flexibility index (Phi) is 3.92. The molecule has 3 nitrogen and oxygen atoms in total. The summed E-state index contributed by atoms with van der Waals surface area (Å²) in [7, 11) is 8.09. The highest BCUT2D eigenvalue weighted by molar-refractivity contribution is 5.45. The molecule has 0 fully saturated rings. The maximum atomic E-state index is 3.23. The number of hydrazine groups is 1. The smallest absolute Gasteiger partial charge is 0.0361 e. The Balaban J connectivity index is 2.55. The largest absolute Gasteiger partial charge is 0.378 e. The van der Waals surface area contributed by atoms with Gasteiger partial charge < -0.3 is 4.90 Å². The van der Waals surface area contributed by atoms with Crippen LogP contribution >= 0.6 is 0 Å². The lowest BCUT2D eigenvalue weighted by Gasteiger charge is -2.14. The number of nitrogens with one attached hydrogen (secondary N) is 1.